The summed E-state index contributed by atoms with van der Waals surface area (Å²) in [6.07, 6.45) is 0. The van der Waals surface area contributed by atoms with E-state index >= 15 is 0 Å². The standard InChI is InChI=1S/C18H15FO2/c1-12-6-7-16(19)8-15(12)11-21-18-10-14-5-3-2-4-13(14)9-17(18)20/h2-10,20H,11H2,1H3. The Balaban J connectivity index is 1.88. The first kappa shape index (κ1) is 13.4. The zero-order valence-corrected chi connectivity index (χ0v) is 11.6. The van der Waals surface area contributed by atoms with Crippen LogP contribution in [0.3, 0.4) is 0 Å². The van der Waals surface area contributed by atoms with Gasteiger partial charge in [-0.05, 0) is 53.1 Å². The van der Waals surface area contributed by atoms with Crippen LogP contribution in [0.15, 0.2) is 54.6 Å². The average Bonchev–Trinajstić information content (AvgIpc) is 2.48. The van der Waals surface area contributed by atoms with Crippen molar-refractivity contribution in [2.24, 2.45) is 0 Å². The number of aromatic hydroxyl groups is 1. The van der Waals surface area contributed by atoms with E-state index in [1.807, 2.05) is 31.2 Å². The molecule has 1 N–H and O–H groups in total. The molecule has 0 aromatic heterocycles. The van der Waals surface area contributed by atoms with E-state index in [0.717, 1.165) is 21.9 Å². The van der Waals surface area contributed by atoms with Crippen molar-refractivity contribution in [3.05, 3.63) is 71.5 Å². The lowest BCUT2D eigenvalue weighted by Crippen LogP contribution is -1.99. The summed E-state index contributed by atoms with van der Waals surface area (Å²) in [4.78, 5) is 0. The largest absolute Gasteiger partial charge is 0.504 e. The van der Waals surface area contributed by atoms with Crippen LogP contribution in [-0.4, -0.2) is 5.11 Å². The van der Waals surface area contributed by atoms with Crippen LogP contribution in [0.5, 0.6) is 11.5 Å². The summed E-state index contributed by atoms with van der Waals surface area (Å²) >= 11 is 0. The molecule has 0 spiro atoms. The molecule has 21 heavy (non-hydrogen) atoms. The molecule has 0 saturated carbocycles. The molecule has 3 rings (SSSR count). The van der Waals surface area contributed by atoms with E-state index in [1.165, 1.54) is 12.1 Å². The lowest BCUT2D eigenvalue weighted by molar-refractivity contribution is 0.288. The molecule has 3 heteroatoms. The minimum absolute atomic E-state index is 0.0859. The molecule has 0 bridgehead atoms. The van der Waals surface area contributed by atoms with Crippen molar-refractivity contribution < 1.29 is 14.2 Å². The summed E-state index contributed by atoms with van der Waals surface area (Å²) < 4.78 is 18.9. The second-order valence-corrected chi connectivity index (χ2v) is 5.03. The Morgan fingerprint density at radius 3 is 2.48 bits per heavy atom. The smallest absolute Gasteiger partial charge is 0.162 e. The Hall–Kier alpha value is -2.55. The van der Waals surface area contributed by atoms with Crippen LogP contribution < -0.4 is 4.74 Å². The summed E-state index contributed by atoms with van der Waals surface area (Å²) in [6.45, 7) is 2.12. The van der Waals surface area contributed by atoms with Crippen molar-refractivity contribution in [3.63, 3.8) is 0 Å². The van der Waals surface area contributed by atoms with Crippen LogP contribution in [0.25, 0.3) is 10.8 Å². The molecule has 0 aliphatic carbocycles. The van der Waals surface area contributed by atoms with Gasteiger partial charge in [0.1, 0.15) is 12.4 Å². The van der Waals surface area contributed by atoms with Crippen LogP contribution in [-0.2, 0) is 6.61 Å². The van der Waals surface area contributed by atoms with Gasteiger partial charge in [0.05, 0.1) is 0 Å². The number of fused-ring (bicyclic) bond motifs is 1. The van der Waals surface area contributed by atoms with Crippen LogP contribution in [0.2, 0.25) is 0 Å². The molecule has 3 aromatic rings. The van der Waals surface area contributed by atoms with Crippen molar-refractivity contribution in [1.29, 1.82) is 0 Å². The van der Waals surface area contributed by atoms with Gasteiger partial charge in [-0.25, -0.2) is 4.39 Å². The molecule has 0 fully saturated rings. The maximum absolute atomic E-state index is 13.3. The van der Waals surface area contributed by atoms with Crippen LogP contribution >= 0.6 is 0 Å². The predicted octanol–water partition coefficient (Wildman–Crippen LogP) is 4.57. The molecule has 106 valence electrons. The van der Waals surface area contributed by atoms with E-state index in [0.29, 0.717) is 5.75 Å². The number of benzene rings is 3. The van der Waals surface area contributed by atoms with Gasteiger partial charge in [0.25, 0.3) is 0 Å². The zero-order valence-electron chi connectivity index (χ0n) is 11.6. The van der Waals surface area contributed by atoms with Crippen LogP contribution in [0.1, 0.15) is 11.1 Å². The fourth-order valence-corrected chi connectivity index (χ4v) is 2.27. The molecule has 0 saturated heterocycles. The molecule has 0 radical (unpaired) electrons. The molecule has 0 aliphatic heterocycles. The first-order valence-electron chi connectivity index (χ1n) is 6.73. The van der Waals surface area contributed by atoms with Crippen molar-refractivity contribution in [2.45, 2.75) is 13.5 Å². The predicted molar refractivity (Wildman–Crippen MR) is 81.1 cm³/mol. The second-order valence-electron chi connectivity index (χ2n) is 5.03. The fourth-order valence-electron chi connectivity index (χ4n) is 2.27. The van der Waals surface area contributed by atoms with Gasteiger partial charge in [0, 0.05) is 0 Å². The minimum Gasteiger partial charge on any atom is -0.504 e. The number of phenolic OH excluding ortho intramolecular Hbond substituents is 1. The molecule has 0 heterocycles. The third-order valence-corrected chi connectivity index (χ3v) is 3.52. The number of aryl methyl sites for hydroxylation is 1. The van der Waals surface area contributed by atoms with Crippen molar-refractivity contribution >= 4 is 10.8 Å². The van der Waals surface area contributed by atoms with E-state index in [2.05, 4.69) is 0 Å². The summed E-state index contributed by atoms with van der Waals surface area (Å²) in [7, 11) is 0. The monoisotopic (exact) mass is 282 g/mol. The Labute approximate surface area is 122 Å². The number of hydrogen-bond acceptors (Lipinski definition) is 2. The number of rotatable bonds is 3. The number of ether oxygens (including phenoxy) is 1. The highest BCUT2D eigenvalue weighted by Crippen LogP contribution is 2.32. The van der Waals surface area contributed by atoms with Gasteiger partial charge in [-0.1, -0.05) is 30.3 Å². The molecule has 2 nitrogen and oxygen atoms in total. The van der Waals surface area contributed by atoms with Crippen LogP contribution in [0.4, 0.5) is 4.39 Å². The Kier molecular flexibility index (Phi) is 3.48. The first-order chi connectivity index (χ1) is 10.1. The van der Waals surface area contributed by atoms with Gasteiger partial charge >= 0.3 is 0 Å². The van der Waals surface area contributed by atoms with E-state index in [9.17, 15) is 9.50 Å². The number of phenols is 1. The van der Waals surface area contributed by atoms with Gasteiger partial charge in [-0.2, -0.15) is 0 Å². The molecular weight excluding hydrogens is 267 g/mol. The van der Waals surface area contributed by atoms with Crippen molar-refractivity contribution in [3.8, 4) is 11.5 Å². The lowest BCUT2D eigenvalue weighted by atomic mass is 10.1. The number of hydrogen-bond donors (Lipinski definition) is 1. The minimum atomic E-state index is -0.290. The Bertz CT molecular complexity index is 796. The second kappa shape index (κ2) is 5.44. The lowest BCUT2D eigenvalue weighted by Gasteiger charge is -2.11. The topological polar surface area (TPSA) is 29.5 Å². The summed E-state index contributed by atoms with van der Waals surface area (Å²) in [5.74, 6) is 0.196. The molecule has 0 unspecified atom stereocenters. The summed E-state index contributed by atoms with van der Waals surface area (Å²) in [6, 6.07) is 15.8. The molecule has 3 aromatic carbocycles. The van der Waals surface area contributed by atoms with Crippen LogP contribution in [0, 0.1) is 12.7 Å². The number of halogens is 1. The molecule has 0 aliphatic rings. The fraction of sp³-hybridized carbons (Fsp3) is 0.111. The SMILES string of the molecule is Cc1ccc(F)cc1COc1cc2ccccc2cc1O. The van der Waals surface area contributed by atoms with Gasteiger partial charge in [0.2, 0.25) is 0 Å². The normalized spacial score (nSPS) is 10.8. The van der Waals surface area contributed by atoms with E-state index in [-0.39, 0.29) is 18.2 Å². The molecular formula is C18H15FO2. The summed E-state index contributed by atoms with van der Waals surface area (Å²) in [5.41, 5.74) is 1.72. The Morgan fingerprint density at radius 1 is 1.00 bits per heavy atom. The summed E-state index contributed by atoms with van der Waals surface area (Å²) in [5, 5.41) is 11.9. The third kappa shape index (κ3) is 2.82. The van der Waals surface area contributed by atoms with Crippen molar-refractivity contribution in [2.75, 3.05) is 0 Å². The van der Waals surface area contributed by atoms with Gasteiger partial charge in [0.15, 0.2) is 11.5 Å². The quantitative estimate of drug-likeness (QED) is 0.762. The maximum atomic E-state index is 13.3. The third-order valence-electron chi connectivity index (χ3n) is 3.52. The zero-order chi connectivity index (χ0) is 14.8. The van der Waals surface area contributed by atoms with Gasteiger partial charge in [-0.15, -0.1) is 0 Å². The molecule has 0 amide bonds. The average molecular weight is 282 g/mol. The highest BCUT2D eigenvalue weighted by Gasteiger charge is 2.07. The van der Waals surface area contributed by atoms with Gasteiger partial charge < -0.3 is 9.84 Å². The highest BCUT2D eigenvalue weighted by atomic mass is 19.1. The maximum Gasteiger partial charge on any atom is 0.162 e. The van der Waals surface area contributed by atoms with Crippen molar-refractivity contribution in [1.82, 2.24) is 0 Å². The highest BCUT2D eigenvalue weighted by molar-refractivity contribution is 5.85. The van der Waals surface area contributed by atoms with E-state index in [1.54, 1.807) is 18.2 Å². The first-order valence-corrected chi connectivity index (χ1v) is 6.73. The van der Waals surface area contributed by atoms with Gasteiger partial charge in [-0.3, -0.25) is 0 Å². The Morgan fingerprint density at radius 2 is 1.71 bits per heavy atom. The van der Waals surface area contributed by atoms with E-state index in [4.69, 9.17) is 4.74 Å². The van der Waals surface area contributed by atoms with E-state index < -0.39 is 0 Å². The molecule has 0 atom stereocenters.